The van der Waals surface area contributed by atoms with Crippen LogP contribution in [0.5, 0.6) is 0 Å². The highest BCUT2D eigenvalue weighted by Crippen LogP contribution is 2.20. The lowest BCUT2D eigenvalue weighted by atomic mass is 10.1. The lowest BCUT2D eigenvalue weighted by molar-refractivity contribution is 1.18. The summed E-state index contributed by atoms with van der Waals surface area (Å²) < 4.78 is 0. The minimum absolute atomic E-state index is 0.443. The first-order valence-corrected chi connectivity index (χ1v) is 4.27. The zero-order valence-corrected chi connectivity index (χ0v) is 7.81. The Balaban J connectivity index is 2.55. The largest absolute Gasteiger partial charge is 0.382 e. The van der Waals surface area contributed by atoms with Crippen molar-refractivity contribution in [3.05, 3.63) is 36.4 Å². The predicted octanol–water partition coefficient (Wildman–Crippen LogP) is 1.43. The molecule has 4 nitrogen and oxygen atoms in total. The Bertz CT molecular complexity index is 453. The first-order valence-electron chi connectivity index (χ1n) is 4.27. The van der Waals surface area contributed by atoms with E-state index in [1.165, 1.54) is 0 Å². The molecule has 2 N–H and O–H groups in total. The Labute approximate surface area is 81.9 Å². The lowest BCUT2D eigenvalue weighted by Crippen LogP contribution is -1.96. The molecule has 0 atom stereocenters. The number of hydrogen-bond donors (Lipinski definition) is 1. The SMILES string of the molecule is Cc1cc(-c2nccnc2N)ccn1. The van der Waals surface area contributed by atoms with Gasteiger partial charge in [0.25, 0.3) is 0 Å². The van der Waals surface area contributed by atoms with Crippen LogP contribution in [0.15, 0.2) is 30.7 Å². The van der Waals surface area contributed by atoms with Crippen LogP contribution in [0.2, 0.25) is 0 Å². The maximum atomic E-state index is 5.71. The summed E-state index contributed by atoms with van der Waals surface area (Å²) in [5, 5.41) is 0. The number of nitrogens with zero attached hydrogens (tertiary/aromatic N) is 3. The van der Waals surface area contributed by atoms with E-state index in [2.05, 4.69) is 15.0 Å². The van der Waals surface area contributed by atoms with Gasteiger partial charge in [0.2, 0.25) is 0 Å². The molecule has 2 heterocycles. The summed E-state index contributed by atoms with van der Waals surface area (Å²) in [4.78, 5) is 12.3. The zero-order chi connectivity index (χ0) is 9.97. The number of nitrogen functional groups attached to an aromatic ring is 1. The van der Waals surface area contributed by atoms with E-state index in [0.717, 1.165) is 11.3 Å². The smallest absolute Gasteiger partial charge is 0.149 e. The van der Waals surface area contributed by atoms with Crippen LogP contribution in [0, 0.1) is 6.92 Å². The molecule has 14 heavy (non-hydrogen) atoms. The second kappa shape index (κ2) is 3.41. The number of nitrogens with two attached hydrogens (primary N) is 1. The van der Waals surface area contributed by atoms with Crippen molar-refractivity contribution in [2.24, 2.45) is 0 Å². The molecule has 0 fully saturated rings. The number of aromatic nitrogens is 3. The molecule has 0 amide bonds. The van der Waals surface area contributed by atoms with E-state index >= 15 is 0 Å². The first kappa shape index (κ1) is 8.62. The van der Waals surface area contributed by atoms with E-state index in [9.17, 15) is 0 Å². The molecule has 0 aliphatic rings. The Kier molecular flexibility index (Phi) is 2.10. The van der Waals surface area contributed by atoms with Crippen molar-refractivity contribution in [3.8, 4) is 11.3 Å². The van der Waals surface area contributed by atoms with Crippen molar-refractivity contribution in [3.63, 3.8) is 0 Å². The van der Waals surface area contributed by atoms with Gasteiger partial charge in [0.15, 0.2) is 0 Å². The summed E-state index contributed by atoms with van der Waals surface area (Å²) in [6.07, 6.45) is 4.94. The number of rotatable bonds is 1. The van der Waals surface area contributed by atoms with Crippen molar-refractivity contribution in [1.82, 2.24) is 15.0 Å². The minimum atomic E-state index is 0.443. The molecule has 70 valence electrons. The second-order valence-corrected chi connectivity index (χ2v) is 2.98. The highest BCUT2D eigenvalue weighted by atomic mass is 14.9. The molecule has 0 aliphatic carbocycles. The molecule has 0 unspecified atom stereocenters. The maximum Gasteiger partial charge on any atom is 0.149 e. The number of hydrogen-bond acceptors (Lipinski definition) is 4. The third kappa shape index (κ3) is 1.54. The fraction of sp³-hybridized carbons (Fsp3) is 0.100. The summed E-state index contributed by atoms with van der Waals surface area (Å²) in [6, 6.07) is 3.80. The quantitative estimate of drug-likeness (QED) is 0.731. The second-order valence-electron chi connectivity index (χ2n) is 2.98. The Morgan fingerprint density at radius 1 is 1.07 bits per heavy atom. The topological polar surface area (TPSA) is 64.7 Å². The molecule has 2 aromatic heterocycles. The fourth-order valence-electron chi connectivity index (χ4n) is 1.26. The normalized spacial score (nSPS) is 10.1. The van der Waals surface area contributed by atoms with Crippen LogP contribution < -0.4 is 5.73 Å². The Morgan fingerprint density at radius 3 is 2.57 bits per heavy atom. The van der Waals surface area contributed by atoms with Crippen molar-refractivity contribution < 1.29 is 0 Å². The standard InChI is InChI=1S/C10H10N4/c1-7-6-8(2-3-12-7)9-10(11)14-5-4-13-9/h2-6H,1H3,(H2,11,14). The molecule has 0 aromatic carbocycles. The molecule has 2 aromatic rings. The average molecular weight is 186 g/mol. The van der Waals surface area contributed by atoms with Gasteiger partial charge in [-0.1, -0.05) is 0 Å². The maximum absolute atomic E-state index is 5.71. The first-order chi connectivity index (χ1) is 6.77. The van der Waals surface area contributed by atoms with Crippen LogP contribution >= 0.6 is 0 Å². The van der Waals surface area contributed by atoms with Gasteiger partial charge in [-0.05, 0) is 19.1 Å². The molecule has 0 aliphatic heterocycles. The molecule has 4 heteroatoms. The minimum Gasteiger partial charge on any atom is -0.382 e. The molecule has 0 radical (unpaired) electrons. The molecule has 0 spiro atoms. The van der Waals surface area contributed by atoms with Crippen molar-refractivity contribution in [2.45, 2.75) is 6.92 Å². The third-order valence-electron chi connectivity index (χ3n) is 1.90. The van der Waals surface area contributed by atoms with Gasteiger partial charge in [-0.15, -0.1) is 0 Å². The molecule has 0 bridgehead atoms. The van der Waals surface area contributed by atoms with Gasteiger partial charge >= 0.3 is 0 Å². The molecule has 0 saturated heterocycles. The van der Waals surface area contributed by atoms with Crippen LogP contribution in [-0.4, -0.2) is 15.0 Å². The molecule has 2 rings (SSSR count). The van der Waals surface area contributed by atoms with Gasteiger partial charge in [0, 0.05) is 29.8 Å². The van der Waals surface area contributed by atoms with E-state index in [1.807, 2.05) is 19.1 Å². The molecular formula is C10H10N4. The monoisotopic (exact) mass is 186 g/mol. The third-order valence-corrected chi connectivity index (χ3v) is 1.90. The van der Waals surface area contributed by atoms with Gasteiger partial charge in [0.1, 0.15) is 11.5 Å². The van der Waals surface area contributed by atoms with Crippen molar-refractivity contribution in [2.75, 3.05) is 5.73 Å². The van der Waals surface area contributed by atoms with Gasteiger partial charge in [-0.3, -0.25) is 9.97 Å². The summed E-state index contributed by atoms with van der Waals surface area (Å²) in [6.45, 7) is 1.93. The van der Waals surface area contributed by atoms with E-state index in [0.29, 0.717) is 11.5 Å². The van der Waals surface area contributed by atoms with Gasteiger partial charge in [0.05, 0.1) is 0 Å². The number of aryl methyl sites for hydroxylation is 1. The Hall–Kier alpha value is -1.97. The van der Waals surface area contributed by atoms with Crippen LogP contribution in [0.4, 0.5) is 5.82 Å². The molecular weight excluding hydrogens is 176 g/mol. The number of pyridine rings is 1. The van der Waals surface area contributed by atoms with E-state index < -0.39 is 0 Å². The van der Waals surface area contributed by atoms with Crippen LogP contribution in [-0.2, 0) is 0 Å². The summed E-state index contributed by atoms with van der Waals surface area (Å²) >= 11 is 0. The van der Waals surface area contributed by atoms with E-state index in [-0.39, 0.29) is 0 Å². The van der Waals surface area contributed by atoms with E-state index in [4.69, 9.17) is 5.73 Å². The molecule has 0 saturated carbocycles. The van der Waals surface area contributed by atoms with Gasteiger partial charge in [-0.2, -0.15) is 0 Å². The lowest BCUT2D eigenvalue weighted by Gasteiger charge is -2.03. The van der Waals surface area contributed by atoms with E-state index in [1.54, 1.807) is 18.6 Å². The number of anilines is 1. The van der Waals surface area contributed by atoms with Gasteiger partial charge < -0.3 is 5.73 Å². The van der Waals surface area contributed by atoms with Crippen LogP contribution in [0.1, 0.15) is 5.69 Å². The fourth-order valence-corrected chi connectivity index (χ4v) is 1.26. The zero-order valence-electron chi connectivity index (χ0n) is 7.81. The summed E-state index contributed by atoms with van der Waals surface area (Å²) in [5.41, 5.74) is 8.30. The van der Waals surface area contributed by atoms with Crippen molar-refractivity contribution in [1.29, 1.82) is 0 Å². The van der Waals surface area contributed by atoms with Crippen molar-refractivity contribution >= 4 is 5.82 Å². The highest BCUT2D eigenvalue weighted by Gasteiger charge is 2.03. The average Bonchev–Trinajstić information content (AvgIpc) is 2.18. The predicted molar refractivity (Wildman–Crippen MR) is 54.4 cm³/mol. The highest BCUT2D eigenvalue weighted by molar-refractivity contribution is 5.69. The van der Waals surface area contributed by atoms with Gasteiger partial charge in [-0.25, -0.2) is 4.98 Å². The summed E-state index contributed by atoms with van der Waals surface area (Å²) in [7, 11) is 0. The Morgan fingerprint density at radius 2 is 1.86 bits per heavy atom. The summed E-state index contributed by atoms with van der Waals surface area (Å²) in [5.74, 6) is 0.443. The van der Waals surface area contributed by atoms with Crippen LogP contribution in [0.25, 0.3) is 11.3 Å². The van der Waals surface area contributed by atoms with Crippen LogP contribution in [0.3, 0.4) is 0 Å².